The zero-order valence-corrected chi connectivity index (χ0v) is 10.5. The van der Waals surface area contributed by atoms with Crippen LogP contribution in [0.25, 0.3) is 0 Å². The maximum absolute atomic E-state index is 5.60. The van der Waals surface area contributed by atoms with Crippen LogP contribution >= 0.6 is 0 Å². The third-order valence-corrected chi connectivity index (χ3v) is 2.49. The van der Waals surface area contributed by atoms with Gasteiger partial charge in [0.2, 0.25) is 0 Å². The molecule has 0 radical (unpaired) electrons. The third kappa shape index (κ3) is 4.87. The molecule has 0 heterocycles. The first-order chi connectivity index (χ1) is 8.27. The SMILES string of the molecule is C=CCOc1ccccc1CNC(C)CC=C. The highest BCUT2D eigenvalue weighted by atomic mass is 16.5. The van der Waals surface area contributed by atoms with Crippen molar-refractivity contribution in [2.75, 3.05) is 6.61 Å². The number of nitrogens with one attached hydrogen (secondary N) is 1. The Kier molecular flexibility index (Phi) is 6.12. The fourth-order valence-corrected chi connectivity index (χ4v) is 1.56. The van der Waals surface area contributed by atoms with Crippen molar-refractivity contribution in [1.29, 1.82) is 0 Å². The Morgan fingerprint density at radius 3 is 2.76 bits per heavy atom. The van der Waals surface area contributed by atoms with Gasteiger partial charge < -0.3 is 10.1 Å². The average Bonchev–Trinajstić information content (AvgIpc) is 2.35. The Balaban J connectivity index is 2.56. The van der Waals surface area contributed by atoms with Gasteiger partial charge in [-0.2, -0.15) is 0 Å². The number of para-hydroxylation sites is 1. The van der Waals surface area contributed by atoms with Gasteiger partial charge in [0, 0.05) is 18.2 Å². The maximum Gasteiger partial charge on any atom is 0.124 e. The minimum Gasteiger partial charge on any atom is -0.489 e. The Bertz CT molecular complexity index is 360. The molecule has 0 saturated heterocycles. The van der Waals surface area contributed by atoms with Crippen LogP contribution in [0.15, 0.2) is 49.6 Å². The van der Waals surface area contributed by atoms with Gasteiger partial charge in [0.05, 0.1) is 0 Å². The van der Waals surface area contributed by atoms with Gasteiger partial charge in [-0.25, -0.2) is 0 Å². The minimum atomic E-state index is 0.431. The monoisotopic (exact) mass is 231 g/mol. The molecule has 0 spiro atoms. The molecule has 1 unspecified atom stereocenters. The molecule has 2 heteroatoms. The van der Waals surface area contributed by atoms with E-state index in [9.17, 15) is 0 Å². The van der Waals surface area contributed by atoms with Gasteiger partial charge in [0.25, 0.3) is 0 Å². The number of hydrogen-bond donors (Lipinski definition) is 1. The number of ether oxygens (including phenoxy) is 1. The van der Waals surface area contributed by atoms with Crippen LogP contribution < -0.4 is 10.1 Å². The topological polar surface area (TPSA) is 21.3 Å². The molecule has 0 aliphatic heterocycles. The molecule has 1 aromatic carbocycles. The van der Waals surface area contributed by atoms with Crippen LogP contribution in [0.4, 0.5) is 0 Å². The van der Waals surface area contributed by atoms with Crippen LogP contribution in [0.2, 0.25) is 0 Å². The van der Waals surface area contributed by atoms with Crippen LogP contribution in [-0.2, 0) is 6.54 Å². The Labute approximate surface area is 104 Å². The molecule has 1 N–H and O–H groups in total. The zero-order chi connectivity index (χ0) is 12.5. The van der Waals surface area contributed by atoms with Crippen LogP contribution in [0, 0.1) is 0 Å². The smallest absolute Gasteiger partial charge is 0.124 e. The van der Waals surface area contributed by atoms with E-state index in [0.717, 1.165) is 18.7 Å². The lowest BCUT2D eigenvalue weighted by atomic mass is 10.1. The quantitative estimate of drug-likeness (QED) is 0.693. The molecule has 1 rings (SSSR count). The number of hydrogen-bond acceptors (Lipinski definition) is 2. The van der Waals surface area contributed by atoms with Crippen molar-refractivity contribution in [2.24, 2.45) is 0 Å². The normalized spacial score (nSPS) is 11.8. The van der Waals surface area contributed by atoms with E-state index in [1.807, 2.05) is 24.3 Å². The van der Waals surface area contributed by atoms with Crippen LogP contribution in [0.1, 0.15) is 18.9 Å². The van der Waals surface area contributed by atoms with Crippen molar-refractivity contribution in [3.05, 3.63) is 55.1 Å². The van der Waals surface area contributed by atoms with Crippen molar-refractivity contribution in [2.45, 2.75) is 25.9 Å². The van der Waals surface area contributed by atoms with E-state index in [2.05, 4.69) is 31.5 Å². The molecular weight excluding hydrogens is 210 g/mol. The molecule has 17 heavy (non-hydrogen) atoms. The second kappa shape index (κ2) is 7.69. The molecule has 1 atom stereocenters. The minimum absolute atomic E-state index is 0.431. The second-order valence-electron chi connectivity index (χ2n) is 4.01. The van der Waals surface area contributed by atoms with Crippen LogP contribution in [0.3, 0.4) is 0 Å². The molecule has 92 valence electrons. The van der Waals surface area contributed by atoms with Gasteiger partial charge in [-0.05, 0) is 19.4 Å². The lowest BCUT2D eigenvalue weighted by Gasteiger charge is -2.14. The van der Waals surface area contributed by atoms with Crippen molar-refractivity contribution >= 4 is 0 Å². The van der Waals surface area contributed by atoms with Crippen molar-refractivity contribution in [1.82, 2.24) is 5.32 Å². The standard InChI is InChI=1S/C15H21NO/c1-4-8-13(3)16-12-14-9-6-7-10-15(14)17-11-5-2/h4-7,9-10,13,16H,1-2,8,11-12H2,3H3. The van der Waals surface area contributed by atoms with E-state index < -0.39 is 0 Å². The summed E-state index contributed by atoms with van der Waals surface area (Å²) in [6.07, 6.45) is 4.65. The van der Waals surface area contributed by atoms with Gasteiger partial charge in [-0.15, -0.1) is 6.58 Å². The third-order valence-electron chi connectivity index (χ3n) is 2.49. The molecule has 0 amide bonds. The molecule has 1 aromatic rings. The first kappa shape index (κ1) is 13.5. The first-order valence-electron chi connectivity index (χ1n) is 5.93. The molecule has 0 fully saturated rings. The van der Waals surface area contributed by atoms with Crippen LogP contribution in [0.5, 0.6) is 5.75 Å². The Hall–Kier alpha value is -1.54. The van der Waals surface area contributed by atoms with Gasteiger partial charge in [0.15, 0.2) is 0 Å². The molecule has 2 nitrogen and oxygen atoms in total. The van der Waals surface area contributed by atoms with Gasteiger partial charge in [-0.1, -0.05) is 36.9 Å². The van der Waals surface area contributed by atoms with E-state index in [1.54, 1.807) is 6.08 Å². The lowest BCUT2D eigenvalue weighted by Crippen LogP contribution is -2.24. The van der Waals surface area contributed by atoms with E-state index in [0.29, 0.717) is 12.6 Å². The summed E-state index contributed by atoms with van der Waals surface area (Å²) in [7, 11) is 0. The maximum atomic E-state index is 5.60. The predicted octanol–water partition coefficient (Wildman–Crippen LogP) is 3.31. The molecule has 0 aliphatic rings. The predicted molar refractivity (Wildman–Crippen MR) is 73.2 cm³/mol. The van der Waals surface area contributed by atoms with Gasteiger partial charge in [-0.3, -0.25) is 0 Å². The van der Waals surface area contributed by atoms with Crippen molar-refractivity contribution in [3.63, 3.8) is 0 Å². The second-order valence-corrected chi connectivity index (χ2v) is 4.01. The van der Waals surface area contributed by atoms with E-state index in [-0.39, 0.29) is 0 Å². The molecule has 0 aromatic heterocycles. The highest BCUT2D eigenvalue weighted by Crippen LogP contribution is 2.17. The summed E-state index contributed by atoms with van der Waals surface area (Å²) in [5.74, 6) is 0.922. The number of rotatable bonds is 8. The average molecular weight is 231 g/mol. The highest BCUT2D eigenvalue weighted by Gasteiger charge is 2.04. The number of benzene rings is 1. The van der Waals surface area contributed by atoms with Crippen molar-refractivity contribution in [3.8, 4) is 5.75 Å². The molecule has 0 aliphatic carbocycles. The van der Waals surface area contributed by atoms with Crippen molar-refractivity contribution < 1.29 is 4.74 Å². The lowest BCUT2D eigenvalue weighted by molar-refractivity contribution is 0.357. The molecule has 0 bridgehead atoms. The summed E-state index contributed by atoms with van der Waals surface area (Å²) < 4.78 is 5.60. The zero-order valence-electron chi connectivity index (χ0n) is 10.5. The molecule has 0 saturated carbocycles. The van der Waals surface area contributed by atoms with Gasteiger partial charge in [0.1, 0.15) is 12.4 Å². The van der Waals surface area contributed by atoms with E-state index in [1.165, 1.54) is 5.56 Å². The summed E-state index contributed by atoms with van der Waals surface area (Å²) in [6, 6.07) is 8.50. The summed E-state index contributed by atoms with van der Waals surface area (Å²) >= 11 is 0. The largest absolute Gasteiger partial charge is 0.489 e. The highest BCUT2D eigenvalue weighted by molar-refractivity contribution is 5.33. The molecular formula is C15H21NO. The summed E-state index contributed by atoms with van der Waals surface area (Å²) in [5.41, 5.74) is 1.17. The fraction of sp³-hybridized carbons (Fsp3) is 0.333. The first-order valence-corrected chi connectivity index (χ1v) is 5.93. The van der Waals surface area contributed by atoms with E-state index in [4.69, 9.17) is 4.74 Å². The summed E-state index contributed by atoms with van der Waals surface area (Å²) in [5, 5.41) is 3.44. The fourth-order valence-electron chi connectivity index (χ4n) is 1.56. The van der Waals surface area contributed by atoms with Gasteiger partial charge >= 0.3 is 0 Å². The summed E-state index contributed by atoms with van der Waals surface area (Å²) in [6.45, 7) is 10.9. The summed E-state index contributed by atoms with van der Waals surface area (Å²) in [4.78, 5) is 0. The Morgan fingerprint density at radius 2 is 2.06 bits per heavy atom. The van der Waals surface area contributed by atoms with Crippen LogP contribution in [-0.4, -0.2) is 12.6 Å². The Morgan fingerprint density at radius 1 is 1.29 bits per heavy atom. The van der Waals surface area contributed by atoms with E-state index >= 15 is 0 Å².